The number of nitrogens with one attached hydrogen (secondary N) is 3. The molecule has 2 amide bonds. The van der Waals surface area contributed by atoms with Gasteiger partial charge < -0.3 is 16.0 Å². The molecule has 28 heavy (non-hydrogen) atoms. The van der Waals surface area contributed by atoms with Gasteiger partial charge in [0.05, 0.1) is 17.8 Å². The first-order valence-electron chi connectivity index (χ1n) is 8.52. The van der Waals surface area contributed by atoms with Gasteiger partial charge in [0.1, 0.15) is 5.82 Å². The molecule has 0 radical (unpaired) electrons. The summed E-state index contributed by atoms with van der Waals surface area (Å²) in [7, 11) is 0. The molecule has 9 heteroatoms. The zero-order valence-electron chi connectivity index (χ0n) is 14.6. The molecule has 5 nitrogen and oxygen atoms in total. The first kappa shape index (κ1) is 19.8. The summed E-state index contributed by atoms with van der Waals surface area (Å²) in [4.78, 5) is 24.0. The van der Waals surface area contributed by atoms with E-state index in [9.17, 15) is 27.2 Å². The standard InChI is InChI=1S/C19H17F4N3O2/c20-17-14-7-8-24-9-12(14)3-6-15(17)26-16(27)10-25-18(28)11-1-4-13(5-2-11)19(21,22)23/h1-6,24H,7-10H2,(H,25,28)(H,26,27). The molecule has 0 aromatic heterocycles. The molecular weight excluding hydrogens is 378 g/mol. The Balaban J connectivity index is 1.58. The molecule has 2 aromatic rings. The van der Waals surface area contributed by atoms with Crippen molar-refractivity contribution >= 4 is 17.5 Å². The monoisotopic (exact) mass is 395 g/mol. The molecule has 0 saturated heterocycles. The second-order valence-corrected chi connectivity index (χ2v) is 6.30. The van der Waals surface area contributed by atoms with Crippen molar-refractivity contribution in [3.63, 3.8) is 0 Å². The zero-order valence-corrected chi connectivity index (χ0v) is 14.6. The van der Waals surface area contributed by atoms with E-state index >= 15 is 0 Å². The van der Waals surface area contributed by atoms with E-state index in [1.807, 2.05) is 0 Å². The molecule has 0 unspecified atom stereocenters. The first-order chi connectivity index (χ1) is 13.3. The van der Waals surface area contributed by atoms with Gasteiger partial charge in [-0.25, -0.2) is 4.39 Å². The van der Waals surface area contributed by atoms with Gasteiger partial charge in [-0.15, -0.1) is 0 Å². The number of halogens is 4. The molecule has 1 aliphatic heterocycles. The van der Waals surface area contributed by atoms with Crippen LogP contribution in [-0.4, -0.2) is 24.9 Å². The number of hydrogen-bond acceptors (Lipinski definition) is 3. The van der Waals surface area contributed by atoms with Crippen LogP contribution in [0.5, 0.6) is 0 Å². The van der Waals surface area contributed by atoms with Crippen molar-refractivity contribution in [2.24, 2.45) is 0 Å². The molecular formula is C19H17F4N3O2. The number of benzene rings is 2. The lowest BCUT2D eigenvalue weighted by molar-refractivity contribution is -0.137. The molecule has 0 spiro atoms. The maximum Gasteiger partial charge on any atom is 0.416 e. The van der Waals surface area contributed by atoms with E-state index in [0.717, 1.165) is 29.8 Å². The highest BCUT2D eigenvalue weighted by Crippen LogP contribution is 2.29. The first-order valence-corrected chi connectivity index (χ1v) is 8.52. The average molecular weight is 395 g/mol. The number of anilines is 1. The predicted octanol–water partition coefficient (Wildman–Crippen LogP) is 2.86. The molecule has 1 aliphatic rings. The summed E-state index contributed by atoms with van der Waals surface area (Å²) in [6.45, 7) is 0.756. The van der Waals surface area contributed by atoms with Gasteiger partial charge in [0.15, 0.2) is 0 Å². The van der Waals surface area contributed by atoms with Gasteiger partial charge in [-0.2, -0.15) is 13.2 Å². The summed E-state index contributed by atoms with van der Waals surface area (Å²) in [6, 6.07) is 6.79. The molecule has 0 aliphatic carbocycles. The van der Waals surface area contributed by atoms with Gasteiger partial charge in [0, 0.05) is 12.1 Å². The molecule has 3 N–H and O–H groups in total. The van der Waals surface area contributed by atoms with Crippen molar-refractivity contribution in [2.75, 3.05) is 18.4 Å². The Labute approximate surface area is 158 Å². The number of alkyl halides is 3. The van der Waals surface area contributed by atoms with Gasteiger partial charge in [0.2, 0.25) is 5.91 Å². The van der Waals surface area contributed by atoms with Crippen LogP contribution in [-0.2, 0) is 23.9 Å². The van der Waals surface area contributed by atoms with Crippen LogP contribution in [0.25, 0.3) is 0 Å². The molecule has 0 atom stereocenters. The topological polar surface area (TPSA) is 70.2 Å². The molecule has 0 bridgehead atoms. The largest absolute Gasteiger partial charge is 0.416 e. The Morgan fingerprint density at radius 1 is 1.07 bits per heavy atom. The van der Waals surface area contributed by atoms with Gasteiger partial charge in [-0.05, 0) is 54.4 Å². The minimum Gasteiger partial charge on any atom is -0.343 e. The molecule has 1 heterocycles. The van der Waals surface area contributed by atoms with Gasteiger partial charge in [0.25, 0.3) is 5.91 Å². The van der Waals surface area contributed by atoms with Crippen molar-refractivity contribution in [3.05, 3.63) is 64.5 Å². The number of rotatable bonds is 4. The van der Waals surface area contributed by atoms with Crippen LogP contribution >= 0.6 is 0 Å². The minimum absolute atomic E-state index is 0.0201. The number of amides is 2. The quantitative estimate of drug-likeness (QED) is 0.698. The van der Waals surface area contributed by atoms with E-state index < -0.39 is 35.9 Å². The van der Waals surface area contributed by atoms with E-state index in [1.165, 1.54) is 6.07 Å². The van der Waals surface area contributed by atoms with Crippen LogP contribution in [0.3, 0.4) is 0 Å². The highest BCUT2D eigenvalue weighted by atomic mass is 19.4. The molecule has 0 fully saturated rings. The van der Waals surface area contributed by atoms with Crippen LogP contribution in [0, 0.1) is 5.82 Å². The fourth-order valence-electron chi connectivity index (χ4n) is 2.90. The third-order valence-electron chi connectivity index (χ3n) is 4.37. The molecule has 2 aromatic carbocycles. The van der Waals surface area contributed by atoms with Crippen LogP contribution in [0.2, 0.25) is 0 Å². The van der Waals surface area contributed by atoms with Crippen LogP contribution < -0.4 is 16.0 Å². The number of hydrogen-bond donors (Lipinski definition) is 3. The Morgan fingerprint density at radius 3 is 2.46 bits per heavy atom. The number of carbonyl (C=O) groups excluding carboxylic acids is 2. The smallest absolute Gasteiger partial charge is 0.343 e. The third-order valence-corrected chi connectivity index (χ3v) is 4.37. The Morgan fingerprint density at radius 2 is 1.79 bits per heavy atom. The lowest BCUT2D eigenvalue weighted by Crippen LogP contribution is -2.33. The van der Waals surface area contributed by atoms with E-state index in [0.29, 0.717) is 25.1 Å². The Hall–Kier alpha value is -2.94. The molecule has 148 valence electrons. The van der Waals surface area contributed by atoms with Gasteiger partial charge in [-0.1, -0.05) is 6.07 Å². The Bertz CT molecular complexity index is 895. The summed E-state index contributed by atoms with van der Waals surface area (Å²) >= 11 is 0. The maximum absolute atomic E-state index is 14.5. The Kier molecular flexibility index (Phi) is 5.64. The van der Waals surface area contributed by atoms with E-state index in [1.54, 1.807) is 6.07 Å². The SMILES string of the molecule is O=C(CNC(=O)c1ccc(C(F)(F)F)cc1)Nc1ccc2c(c1F)CCNC2. The fourth-order valence-corrected chi connectivity index (χ4v) is 2.90. The predicted molar refractivity (Wildman–Crippen MR) is 94.2 cm³/mol. The van der Waals surface area contributed by atoms with Crippen molar-refractivity contribution < 1.29 is 27.2 Å². The van der Waals surface area contributed by atoms with Crippen LogP contribution in [0.1, 0.15) is 27.0 Å². The van der Waals surface area contributed by atoms with Crippen molar-refractivity contribution in [1.29, 1.82) is 0 Å². The van der Waals surface area contributed by atoms with E-state index in [4.69, 9.17) is 0 Å². The second-order valence-electron chi connectivity index (χ2n) is 6.30. The summed E-state index contributed by atoms with van der Waals surface area (Å²) in [5, 5.41) is 7.82. The van der Waals surface area contributed by atoms with Crippen molar-refractivity contribution in [1.82, 2.24) is 10.6 Å². The van der Waals surface area contributed by atoms with Gasteiger partial charge >= 0.3 is 6.18 Å². The highest BCUT2D eigenvalue weighted by molar-refractivity contribution is 5.99. The third kappa shape index (κ3) is 4.48. The van der Waals surface area contributed by atoms with E-state index in [2.05, 4.69) is 16.0 Å². The minimum atomic E-state index is -4.50. The highest BCUT2D eigenvalue weighted by Gasteiger charge is 2.30. The number of fused-ring (bicyclic) bond motifs is 1. The van der Waals surface area contributed by atoms with Gasteiger partial charge in [-0.3, -0.25) is 9.59 Å². The lowest BCUT2D eigenvalue weighted by atomic mass is 9.99. The lowest BCUT2D eigenvalue weighted by Gasteiger charge is -2.19. The van der Waals surface area contributed by atoms with Crippen molar-refractivity contribution in [3.8, 4) is 0 Å². The summed E-state index contributed by atoms with van der Waals surface area (Å²) in [5.41, 5.74) is 0.505. The summed E-state index contributed by atoms with van der Waals surface area (Å²) in [6.07, 6.45) is -3.99. The zero-order chi connectivity index (χ0) is 20.3. The summed E-state index contributed by atoms with van der Waals surface area (Å²) < 4.78 is 52.1. The van der Waals surface area contributed by atoms with Crippen molar-refractivity contribution in [2.45, 2.75) is 19.1 Å². The number of carbonyl (C=O) groups is 2. The van der Waals surface area contributed by atoms with Crippen LogP contribution in [0.4, 0.5) is 23.2 Å². The molecule has 3 rings (SSSR count). The summed E-state index contributed by atoms with van der Waals surface area (Å²) in [5.74, 6) is -1.85. The van der Waals surface area contributed by atoms with E-state index in [-0.39, 0.29) is 11.3 Å². The second kappa shape index (κ2) is 7.97. The normalized spacial score (nSPS) is 13.6. The average Bonchev–Trinajstić information content (AvgIpc) is 2.68. The van der Waals surface area contributed by atoms with Crippen LogP contribution in [0.15, 0.2) is 36.4 Å². The maximum atomic E-state index is 14.5. The fraction of sp³-hybridized carbons (Fsp3) is 0.263. The molecule has 0 saturated carbocycles.